The summed E-state index contributed by atoms with van der Waals surface area (Å²) in [6.45, 7) is 5.31. The Morgan fingerprint density at radius 3 is 2.00 bits per heavy atom. The molecule has 0 fully saturated rings. The first-order valence-corrected chi connectivity index (χ1v) is 6.05. The average molecular weight is 294 g/mol. The van der Waals surface area contributed by atoms with Crippen LogP contribution in [0, 0.1) is 6.92 Å². The van der Waals surface area contributed by atoms with Gasteiger partial charge in [0.05, 0.1) is 5.69 Å². The van der Waals surface area contributed by atoms with Gasteiger partial charge in [-0.25, -0.2) is 4.90 Å². The minimum absolute atomic E-state index is 0.233. The normalized spacial score (nSPS) is 16.1. The summed E-state index contributed by atoms with van der Waals surface area (Å²) in [5.74, 6) is -0.466. The maximum absolute atomic E-state index is 12.0. The van der Waals surface area contributed by atoms with E-state index in [1.165, 1.54) is 4.90 Å². The molecule has 17 heavy (non-hydrogen) atoms. The Kier molecular flexibility index (Phi) is 2.91. The lowest BCUT2D eigenvalue weighted by molar-refractivity contribution is -0.120. The molecular weight excluding hydrogens is 282 g/mol. The fraction of sp³-hybridized carbons (Fsp3) is 0.231. The predicted octanol–water partition coefficient (Wildman–Crippen LogP) is 2.97. The second-order valence-electron chi connectivity index (χ2n) is 4.13. The minimum Gasteiger partial charge on any atom is -0.269 e. The van der Waals surface area contributed by atoms with Gasteiger partial charge in [0.2, 0.25) is 0 Å². The largest absolute Gasteiger partial charge is 0.269 e. The molecule has 1 aromatic carbocycles. The Balaban J connectivity index is 2.47. The molecule has 2 amide bonds. The summed E-state index contributed by atoms with van der Waals surface area (Å²) in [4.78, 5) is 25.1. The molecule has 0 atom stereocenters. The van der Waals surface area contributed by atoms with Crippen LogP contribution in [0.1, 0.15) is 19.4 Å². The third-order valence-electron chi connectivity index (χ3n) is 3.02. The van der Waals surface area contributed by atoms with Gasteiger partial charge in [-0.3, -0.25) is 9.59 Å². The van der Waals surface area contributed by atoms with Crippen molar-refractivity contribution in [2.45, 2.75) is 20.8 Å². The van der Waals surface area contributed by atoms with E-state index in [4.69, 9.17) is 0 Å². The van der Waals surface area contributed by atoms with Crippen molar-refractivity contribution in [1.82, 2.24) is 0 Å². The van der Waals surface area contributed by atoms with Gasteiger partial charge in [-0.2, -0.15) is 0 Å². The summed E-state index contributed by atoms with van der Waals surface area (Å²) in [6.07, 6.45) is 0. The van der Waals surface area contributed by atoms with E-state index in [2.05, 4.69) is 15.9 Å². The zero-order valence-electron chi connectivity index (χ0n) is 9.87. The van der Waals surface area contributed by atoms with Crippen molar-refractivity contribution in [3.05, 3.63) is 39.4 Å². The quantitative estimate of drug-likeness (QED) is 0.747. The van der Waals surface area contributed by atoms with Crippen LogP contribution in [0.3, 0.4) is 0 Å². The SMILES string of the molecule is CC1=C(C)C(=O)N(c2ccc(C)c(Br)c2)C1=O. The Morgan fingerprint density at radius 1 is 1.00 bits per heavy atom. The van der Waals surface area contributed by atoms with E-state index in [0.717, 1.165) is 10.0 Å². The molecule has 0 N–H and O–H groups in total. The van der Waals surface area contributed by atoms with Gasteiger partial charge >= 0.3 is 0 Å². The predicted molar refractivity (Wildman–Crippen MR) is 69.7 cm³/mol. The Bertz CT molecular complexity index is 537. The highest BCUT2D eigenvalue weighted by Gasteiger charge is 2.34. The monoisotopic (exact) mass is 293 g/mol. The topological polar surface area (TPSA) is 37.4 Å². The first kappa shape index (κ1) is 12.0. The van der Waals surface area contributed by atoms with Crippen LogP contribution in [0.25, 0.3) is 0 Å². The zero-order valence-corrected chi connectivity index (χ0v) is 11.5. The van der Waals surface area contributed by atoms with Crippen LogP contribution in [0.15, 0.2) is 33.8 Å². The van der Waals surface area contributed by atoms with Gasteiger partial charge < -0.3 is 0 Å². The summed E-state index contributed by atoms with van der Waals surface area (Å²) in [7, 11) is 0. The summed E-state index contributed by atoms with van der Waals surface area (Å²) < 4.78 is 0.887. The van der Waals surface area contributed by atoms with Gasteiger partial charge in [0.15, 0.2) is 0 Å². The summed E-state index contributed by atoms with van der Waals surface area (Å²) >= 11 is 3.40. The molecule has 4 heteroatoms. The van der Waals surface area contributed by atoms with E-state index in [-0.39, 0.29) is 11.8 Å². The fourth-order valence-corrected chi connectivity index (χ4v) is 2.07. The number of imide groups is 1. The smallest absolute Gasteiger partial charge is 0.261 e. The maximum atomic E-state index is 12.0. The maximum Gasteiger partial charge on any atom is 0.261 e. The summed E-state index contributed by atoms with van der Waals surface area (Å²) in [5, 5.41) is 0. The van der Waals surface area contributed by atoms with Crippen LogP contribution < -0.4 is 4.90 Å². The summed E-state index contributed by atoms with van der Waals surface area (Å²) in [6, 6.07) is 5.45. The second-order valence-corrected chi connectivity index (χ2v) is 4.98. The Hall–Kier alpha value is -1.42. The first-order chi connectivity index (χ1) is 7.93. The van der Waals surface area contributed by atoms with E-state index in [0.29, 0.717) is 16.8 Å². The van der Waals surface area contributed by atoms with E-state index in [9.17, 15) is 9.59 Å². The second kappa shape index (κ2) is 4.11. The molecule has 1 aromatic rings. The molecule has 0 spiro atoms. The van der Waals surface area contributed by atoms with Crippen molar-refractivity contribution in [2.24, 2.45) is 0 Å². The molecule has 88 valence electrons. The standard InChI is InChI=1S/C13H12BrNO2/c1-7-4-5-10(6-11(7)14)15-12(16)8(2)9(3)13(15)17/h4-6H,1-3H3. The van der Waals surface area contributed by atoms with Crippen LogP contribution in [0.4, 0.5) is 5.69 Å². The minimum atomic E-state index is -0.233. The van der Waals surface area contributed by atoms with Gasteiger partial charge in [-0.05, 0) is 38.5 Å². The number of benzene rings is 1. The molecule has 0 saturated heterocycles. The molecule has 0 aromatic heterocycles. The van der Waals surface area contributed by atoms with Crippen molar-refractivity contribution >= 4 is 33.4 Å². The lowest BCUT2D eigenvalue weighted by atomic mass is 10.2. The van der Waals surface area contributed by atoms with Crippen LogP contribution in [-0.4, -0.2) is 11.8 Å². The number of carbonyl (C=O) groups is 2. The van der Waals surface area contributed by atoms with Crippen molar-refractivity contribution in [3.8, 4) is 0 Å². The fourth-order valence-electron chi connectivity index (χ4n) is 1.70. The first-order valence-electron chi connectivity index (χ1n) is 5.26. The van der Waals surface area contributed by atoms with Crippen LogP contribution in [0.5, 0.6) is 0 Å². The van der Waals surface area contributed by atoms with Crippen molar-refractivity contribution < 1.29 is 9.59 Å². The number of nitrogens with zero attached hydrogens (tertiary/aromatic N) is 1. The van der Waals surface area contributed by atoms with Gasteiger partial charge in [-0.15, -0.1) is 0 Å². The molecule has 2 rings (SSSR count). The molecule has 1 aliphatic heterocycles. The third kappa shape index (κ3) is 1.82. The number of rotatable bonds is 1. The van der Waals surface area contributed by atoms with E-state index in [1.807, 2.05) is 13.0 Å². The summed E-state index contributed by atoms with van der Waals surface area (Å²) in [5.41, 5.74) is 2.71. The molecule has 0 radical (unpaired) electrons. The molecule has 1 heterocycles. The number of carbonyl (C=O) groups excluding carboxylic acids is 2. The van der Waals surface area contributed by atoms with E-state index < -0.39 is 0 Å². The molecule has 1 aliphatic rings. The van der Waals surface area contributed by atoms with Gasteiger partial charge in [0, 0.05) is 15.6 Å². The number of hydrogen-bond donors (Lipinski definition) is 0. The van der Waals surface area contributed by atoms with E-state index >= 15 is 0 Å². The highest BCUT2D eigenvalue weighted by molar-refractivity contribution is 9.10. The number of amides is 2. The lowest BCUT2D eigenvalue weighted by Gasteiger charge is -2.15. The Labute approximate surface area is 108 Å². The molecular formula is C13H12BrNO2. The van der Waals surface area contributed by atoms with Crippen LogP contribution in [-0.2, 0) is 9.59 Å². The lowest BCUT2D eigenvalue weighted by Crippen LogP contribution is -2.31. The number of aryl methyl sites for hydroxylation is 1. The van der Waals surface area contributed by atoms with Crippen LogP contribution in [0.2, 0.25) is 0 Å². The molecule has 3 nitrogen and oxygen atoms in total. The Morgan fingerprint density at radius 2 is 1.53 bits per heavy atom. The number of anilines is 1. The zero-order chi connectivity index (χ0) is 12.7. The highest BCUT2D eigenvalue weighted by Crippen LogP contribution is 2.29. The number of halogens is 1. The van der Waals surface area contributed by atoms with Crippen LogP contribution >= 0.6 is 15.9 Å². The third-order valence-corrected chi connectivity index (χ3v) is 3.88. The van der Waals surface area contributed by atoms with E-state index in [1.54, 1.807) is 26.0 Å². The molecule has 0 saturated carbocycles. The average Bonchev–Trinajstić information content (AvgIpc) is 2.48. The van der Waals surface area contributed by atoms with Crippen molar-refractivity contribution in [3.63, 3.8) is 0 Å². The van der Waals surface area contributed by atoms with Crippen molar-refractivity contribution in [1.29, 1.82) is 0 Å². The van der Waals surface area contributed by atoms with Gasteiger partial charge in [0.25, 0.3) is 11.8 Å². The molecule has 0 unspecified atom stereocenters. The van der Waals surface area contributed by atoms with Crippen molar-refractivity contribution in [2.75, 3.05) is 4.90 Å². The van der Waals surface area contributed by atoms with Gasteiger partial charge in [-0.1, -0.05) is 22.0 Å². The highest BCUT2D eigenvalue weighted by atomic mass is 79.9. The number of hydrogen-bond acceptors (Lipinski definition) is 2. The van der Waals surface area contributed by atoms with Gasteiger partial charge in [0.1, 0.15) is 0 Å². The molecule has 0 bridgehead atoms. The molecule has 0 aliphatic carbocycles.